The number of pyridine rings is 1. The minimum Gasteiger partial charge on any atom is -0.275 e. The second-order valence-electron chi connectivity index (χ2n) is 3.16. The van der Waals surface area contributed by atoms with Gasteiger partial charge in [0.05, 0.1) is 11.3 Å². The molecular weight excluding hydrogens is 249 g/mol. The van der Waals surface area contributed by atoms with Crippen LogP contribution in [-0.4, -0.2) is 20.0 Å². The number of aromatic nitrogens is 3. The number of rotatable bonds is 2. The Balaban J connectivity index is 2.49. The van der Waals surface area contributed by atoms with Crippen LogP contribution in [0.1, 0.15) is 16.1 Å². The standard InChI is InChI=1S/C10H7Cl2N3O/c1-6-7(10(12)16)5-15(14-6)9-4-2-3-8(11)13-9/h2-5H,1H3. The van der Waals surface area contributed by atoms with E-state index >= 15 is 0 Å². The highest BCUT2D eigenvalue weighted by Crippen LogP contribution is 2.14. The first-order valence-electron chi connectivity index (χ1n) is 4.47. The van der Waals surface area contributed by atoms with E-state index in [1.807, 2.05) is 0 Å². The van der Waals surface area contributed by atoms with Crippen molar-refractivity contribution in [3.63, 3.8) is 0 Å². The molecule has 0 radical (unpaired) electrons. The summed E-state index contributed by atoms with van der Waals surface area (Å²) in [5, 5.41) is 3.96. The van der Waals surface area contributed by atoms with Crippen LogP contribution in [-0.2, 0) is 0 Å². The van der Waals surface area contributed by atoms with Crippen molar-refractivity contribution in [2.24, 2.45) is 0 Å². The molecule has 0 aliphatic carbocycles. The van der Waals surface area contributed by atoms with Gasteiger partial charge in [-0.3, -0.25) is 4.79 Å². The molecule has 4 nitrogen and oxygen atoms in total. The van der Waals surface area contributed by atoms with E-state index in [1.54, 1.807) is 25.1 Å². The third-order valence-electron chi connectivity index (χ3n) is 2.05. The largest absolute Gasteiger partial charge is 0.275 e. The summed E-state index contributed by atoms with van der Waals surface area (Å²) in [5.41, 5.74) is 0.921. The summed E-state index contributed by atoms with van der Waals surface area (Å²) in [4.78, 5) is 15.1. The van der Waals surface area contributed by atoms with Crippen LogP contribution in [0.5, 0.6) is 0 Å². The zero-order valence-electron chi connectivity index (χ0n) is 8.32. The van der Waals surface area contributed by atoms with Gasteiger partial charge in [-0.1, -0.05) is 17.7 Å². The van der Waals surface area contributed by atoms with Crippen molar-refractivity contribution >= 4 is 28.4 Å². The zero-order chi connectivity index (χ0) is 11.7. The molecule has 2 heterocycles. The molecule has 2 aromatic heterocycles. The average molecular weight is 256 g/mol. The van der Waals surface area contributed by atoms with Gasteiger partial charge in [-0.15, -0.1) is 0 Å². The molecule has 0 bridgehead atoms. The first-order valence-corrected chi connectivity index (χ1v) is 5.22. The Morgan fingerprint density at radius 1 is 1.44 bits per heavy atom. The maximum atomic E-state index is 11.0. The number of halogens is 2. The van der Waals surface area contributed by atoms with E-state index in [0.717, 1.165) is 0 Å². The molecule has 82 valence electrons. The van der Waals surface area contributed by atoms with Gasteiger partial charge < -0.3 is 0 Å². The van der Waals surface area contributed by atoms with Crippen molar-refractivity contribution < 1.29 is 4.79 Å². The molecule has 2 rings (SSSR count). The van der Waals surface area contributed by atoms with Crippen LogP contribution in [0.15, 0.2) is 24.4 Å². The van der Waals surface area contributed by atoms with Crippen LogP contribution >= 0.6 is 23.2 Å². The number of hydrogen-bond donors (Lipinski definition) is 0. The summed E-state index contributed by atoms with van der Waals surface area (Å²) >= 11 is 11.2. The summed E-state index contributed by atoms with van der Waals surface area (Å²) in [6, 6.07) is 5.15. The van der Waals surface area contributed by atoms with E-state index in [0.29, 0.717) is 22.2 Å². The Hall–Kier alpha value is -1.39. The number of nitrogens with zero attached hydrogens (tertiary/aromatic N) is 3. The molecule has 0 atom stereocenters. The lowest BCUT2D eigenvalue weighted by Gasteiger charge is -1.99. The highest BCUT2D eigenvalue weighted by atomic mass is 35.5. The molecule has 16 heavy (non-hydrogen) atoms. The van der Waals surface area contributed by atoms with Crippen LogP contribution in [0.4, 0.5) is 0 Å². The molecule has 0 saturated carbocycles. The van der Waals surface area contributed by atoms with Crippen molar-refractivity contribution in [3.8, 4) is 5.82 Å². The Morgan fingerprint density at radius 3 is 2.75 bits per heavy atom. The van der Waals surface area contributed by atoms with Gasteiger partial charge in [0, 0.05) is 6.20 Å². The van der Waals surface area contributed by atoms with Crippen molar-refractivity contribution in [3.05, 3.63) is 40.8 Å². The van der Waals surface area contributed by atoms with E-state index in [2.05, 4.69) is 10.1 Å². The van der Waals surface area contributed by atoms with E-state index in [9.17, 15) is 4.79 Å². The quantitative estimate of drug-likeness (QED) is 0.613. The maximum Gasteiger partial charge on any atom is 0.255 e. The summed E-state index contributed by atoms with van der Waals surface area (Å²) in [6.07, 6.45) is 1.53. The molecule has 0 saturated heterocycles. The van der Waals surface area contributed by atoms with E-state index in [4.69, 9.17) is 23.2 Å². The molecule has 0 amide bonds. The first kappa shape index (κ1) is 11.1. The third-order valence-corrected chi connectivity index (χ3v) is 2.46. The molecule has 0 aromatic carbocycles. The molecule has 0 spiro atoms. The van der Waals surface area contributed by atoms with Gasteiger partial charge in [0.1, 0.15) is 5.15 Å². The van der Waals surface area contributed by atoms with Gasteiger partial charge in [0.2, 0.25) is 0 Å². The van der Waals surface area contributed by atoms with E-state index < -0.39 is 5.24 Å². The Kier molecular flexibility index (Phi) is 2.94. The van der Waals surface area contributed by atoms with Crippen LogP contribution in [0.2, 0.25) is 5.15 Å². The summed E-state index contributed by atoms with van der Waals surface area (Å²) in [7, 11) is 0. The normalized spacial score (nSPS) is 10.4. The van der Waals surface area contributed by atoms with Crippen LogP contribution in [0.25, 0.3) is 5.82 Å². The molecule has 2 aromatic rings. The molecule has 0 N–H and O–H groups in total. The fourth-order valence-electron chi connectivity index (χ4n) is 1.30. The third kappa shape index (κ3) is 2.08. The predicted molar refractivity (Wildman–Crippen MR) is 61.3 cm³/mol. The Morgan fingerprint density at radius 2 is 2.19 bits per heavy atom. The predicted octanol–water partition coefficient (Wildman–Crippen LogP) is 2.61. The first-order chi connectivity index (χ1) is 7.58. The Bertz CT molecular complexity index is 551. The molecule has 0 aliphatic rings. The van der Waals surface area contributed by atoms with Crippen molar-refractivity contribution in [1.82, 2.24) is 14.8 Å². The molecule has 0 unspecified atom stereocenters. The lowest BCUT2D eigenvalue weighted by Crippen LogP contribution is -1.97. The molecular formula is C10H7Cl2N3O. The minimum atomic E-state index is -0.536. The Labute approximate surface area is 102 Å². The van der Waals surface area contributed by atoms with Crippen molar-refractivity contribution in [2.75, 3.05) is 0 Å². The van der Waals surface area contributed by atoms with Gasteiger partial charge in [-0.2, -0.15) is 5.10 Å². The lowest BCUT2D eigenvalue weighted by molar-refractivity contribution is 0.108. The van der Waals surface area contributed by atoms with Crippen LogP contribution in [0, 0.1) is 6.92 Å². The summed E-state index contributed by atoms with van der Waals surface area (Å²) in [5.74, 6) is 0.541. The second-order valence-corrected chi connectivity index (χ2v) is 3.90. The number of carbonyl (C=O) groups excluding carboxylic acids is 1. The fraction of sp³-hybridized carbons (Fsp3) is 0.100. The summed E-state index contributed by atoms with van der Waals surface area (Å²) in [6.45, 7) is 1.71. The molecule has 0 aliphatic heterocycles. The van der Waals surface area contributed by atoms with E-state index in [1.165, 1.54) is 10.9 Å². The number of aryl methyl sites for hydroxylation is 1. The minimum absolute atomic E-state index is 0.364. The van der Waals surface area contributed by atoms with Gasteiger partial charge in [-0.05, 0) is 30.7 Å². The van der Waals surface area contributed by atoms with Gasteiger partial charge in [-0.25, -0.2) is 9.67 Å². The highest BCUT2D eigenvalue weighted by Gasteiger charge is 2.12. The lowest BCUT2D eigenvalue weighted by atomic mass is 10.3. The van der Waals surface area contributed by atoms with Gasteiger partial charge in [0.25, 0.3) is 5.24 Å². The van der Waals surface area contributed by atoms with Crippen molar-refractivity contribution in [2.45, 2.75) is 6.92 Å². The van der Waals surface area contributed by atoms with Crippen LogP contribution < -0.4 is 0 Å². The van der Waals surface area contributed by atoms with Crippen LogP contribution in [0.3, 0.4) is 0 Å². The van der Waals surface area contributed by atoms with Gasteiger partial charge >= 0.3 is 0 Å². The SMILES string of the molecule is Cc1nn(-c2cccc(Cl)n2)cc1C(=O)Cl. The number of hydrogen-bond acceptors (Lipinski definition) is 3. The fourth-order valence-corrected chi connectivity index (χ4v) is 1.64. The summed E-state index contributed by atoms with van der Waals surface area (Å²) < 4.78 is 1.47. The zero-order valence-corrected chi connectivity index (χ0v) is 9.83. The van der Waals surface area contributed by atoms with Crippen molar-refractivity contribution in [1.29, 1.82) is 0 Å². The average Bonchev–Trinajstić information content (AvgIpc) is 2.60. The second kappa shape index (κ2) is 4.23. The van der Waals surface area contributed by atoms with Gasteiger partial charge in [0.15, 0.2) is 5.82 Å². The smallest absolute Gasteiger partial charge is 0.255 e. The topological polar surface area (TPSA) is 47.8 Å². The maximum absolute atomic E-state index is 11.0. The monoisotopic (exact) mass is 255 g/mol. The van der Waals surface area contributed by atoms with E-state index in [-0.39, 0.29) is 0 Å². The number of carbonyl (C=O) groups is 1. The highest BCUT2D eigenvalue weighted by molar-refractivity contribution is 6.67. The molecule has 6 heteroatoms. The molecule has 0 fully saturated rings.